The van der Waals surface area contributed by atoms with E-state index in [-0.39, 0.29) is 18.1 Å². The highest BCUT2D eigenvalue weighted by Crippen LogP contribution is 2.27. The number of carbonyl (C=O) groups excluding carboxylic acids is 1. The second-order valence-corrected chi connectivity index (χ2v) is 6.70. The van der Waals surface area contributed by atoms with E-state index in [0.29, 0.717) is 24.5 Å². The minimum atomic E-state index is -0.0870. The van der Waals surface area contributed by atoms with Crippen molar-refractivity contribution >= 4 is 5.91 Å². The number of para-hydroxylation sites is 1. The molecule has 26 heavy (non-hydrogen) atoms. The quantitative estimate of drug-likeness (QED) is 0.675. The van der Waals surface area contributed by atoms with E-state index in [1.807, 2.05) is 49.4 Å². The summed E-state index contributed by atoms with van der Waals surface area (Å²) in [4.78, 5) is 12.4. The summed E-state index contributed by atoms with van der Waals surface area (Å²) in [5, 5.41) is 2.96. The van der Waals surface area contributed by atoms with Gasteiger partial charge in [-0.05, 0) is 50.3 Å². The minimum absolute atomic E-state index is 0.0588. The molecule has 2 aromatic rings. The molecule has 4 nitrogen and oxygen atoms in total. The second-order valence-electron chi connectivity index (χ2n) is 6.70. The summed E-state index contributed by atoms with van der Waals surface area (Å²) in [6, 6.07) is 17.6. The zero-order valence-electron chi connectivity index (χ0n) is 15.3. The molecule has 1 atom stereocenters. The number of amides is 1. The SMILES string of the molecule is CC(OCCCNC(=O)c1ccccc1OC1CCC1)c1ccccc1. The van der Waals surface area contributed by atoms with Crippen molar-refractivity contribution in [2.75, 3.05) is 13.2 Å². The van der Waals surface area contributed by atoms with Crippen molar-refractivity contribution in [1.82, 2.24) is 5.32 Å². The topological polar surface area (TPSA) is 47.6 Å². The molecule has 0 heterocycles. The molecule has 1 aliphatic rings. The lowest BCUT2D eigenvalue weighted by Crippen LogP contribution is -2.28. The highest BCUT2D eigenvalue weighted by molar-refractivity contribution is 5.96. The monoisotopic (exact) mass is 353 g/mol. The van der Waals surface area contributed by atoms with Crippen LogP contribution in [0.15, 0.2) is 54.6 Å². The molecule has 1 aliphatic carbocycles. The van der Waals surface area contributed by atoms with Crippen molar-refractivity contribution in [3.05, 3.63) is 65.7 Å². The predicted octanol–water partition coefficient (Wildman–Crippen LogP) is 4.52. The Bertz CT molecular complexity index is 698. The number of hydrogen-bond acceptors (Lipinski definition) is 3. The second kappa shape index (κ2) is 9.39. The van der Waals surface area contributed by atoms with Gasteiger partial charge in [0.05, 0.1) is 17.8 Å². The van der Waals surface area contributed by atoms with E-state index >= 15 is 0 Å². The number of ether oxygens (including phenoxy) is 2. The maximum Gasteiger partial charge on any atom is 0.255 e. The zero-order chi connectivity index (χ0) is 18.2. The molecular formula is C22H27NO3. The smallest absolute Gasteiger partial charge is 0.255 e. The molecular weight excluding hydrogens is 326 g/mol. The molecule has 0 aromatic heterocycles. The normalized spacial score (nSPS) is 15.1. The molecule has 2 aromatic carbocycles. The maximum atomic E-state index is 12.4. The van der Waals surface area contributed by atoms with Crippen molar-refractivity contribution in [1.29, 1.82) is 0 Å². The van der Waals surface area contributed by atoms with Crippen LogP contribution < -0.4 is 10.1 Å². The summed E-state index contributed by atoms with van der Waals surface area (Å²) >= 11 is 0. The Balaban J connectivity index is 1.40. The Labute approximate surface area is 155 Å². The molecule has 1 unspecified atom stereocenters. The lowest BCUT2D eigenvalue weighted by molar-refractivity contribution is 0.0634. The third kappa shape index (κ3) is 5.09. The van der Waals surface area contributed by atoms with Crippen LogP contribution in [0.1, 0.15) is 54.6 Å². The summed E-state index contributed by atoms with van der Waals surface area (Å²) in [6.45, 7) is 3.23. The zero-order valence-corrected chi connectivity index (χ0v) is 15.3. The van der Waals surface area contributed by atoms with E-state index in [2.05, 4.69) is 17.4 Å². The van der Waals surface area contributed by atoms with E-state index in [9.17, 15) is 4.79 Å². The summed E-state index contributed by atoms with van der Waals surface area (Å²) in [5.41, 5.74) is 1.77. The van der Waals surface area contributed by atoms with Crippen LogP contribution in [0.3, 0.4) is 0 Å². The van der Waals surface area contributed by atoms with Crippen molar-refractivity contribution in [3.8, 4) is 5.75 Å². The fraction of sp³-hybridized carbons (Fsp3) is 0.409. The van der Waals surface area contributed by atoms with Gasteiger partial charge in [-0.2, -0.15) is 0 Å². The molecule has 0 bridgehead atoms. The van der Waals surface area contributed by atoms with E-state index < -0.39 is 0 Å². The van der Waals surface area contributed by atoms with Crippen molar-refractivity contribution < 1.29 is 14.3 Å². The van der Waals surface area contributed by atoms with Gasteiger partial charge in [0, 0.05) is 13.2 Å². The first kappa shape index (κ1) is 18.5. The number of nitrogens with one attached hydrogen (secondary N) is 1. The first-order valence-electron chi connectivity index (χ1n) is 9.44. The van der Waals surface area contributed by atoms with Crippen LogP contribution in [0.5, 0.6) is 5.75 Å². The van der Waals surface area contributed by atoms with Crippen LogP contribution in [0.25, 0.3) is 0 Å². The maximum absolute atomic E-state index is 12.4. The van der Waals surface area contributed by atoms with Gasteiger partial charge in [0.15, 0.2) is 0 Å². The molecule has 1 fully saturated rings. The largest absolute Gasteiger partial charge is 0.490 e. The molecule has 0 spiro atoms. The van der Waals surface area contributed by atoms with Gasteiger partial charge in [0.1, 0.15) is 5.75 Å². The van der Waals surface area contributed by atoms with E-state index in [1.165, 1.54) is 12.0 Å². The van der Waals surface area contributed by atoms with E-state index in [0.717, 1.165) is 19.3 Å². The summed E-state index contributed by atoms with van der Waals surface area (Å²) in [7, 11) is 0. The van der Waals surface area contributed by atoms with Gasteiger partial charge in [-0.15, -0.1) is 0 Å². The number of hydrogen-bond donors (Lipinski definition) is 1. The highest BCUT2D eigenvalue weighted by Gasteiger charge is 2.21. The Morgan fingerprint density at radius 1 is 1.12 bits per heavy atom. The molecule has 0 aliphatic heterocycles. The van der Waals surface area contributed by atoms with Gasteiger partial charge in [0.2, 0.25) is 0 Å². The van der Waals surface area contributed by atoms with Crippen LogP contribution in [0.4, 0.5) is 0 Å². The molecule has 0 radical (unpaired) electrons. The first-order valence-corrected chi connectivity index (χ1v) is 9.44. The van der Waals surface area contributed by atoms with Crippen molar-refractivity contribution in [2.45, 2.75) is 44.8 Å². The van der Waals surface area contributed by atoms with Gasteiger partial charge in [-0.3, -0.25) is 4.79 Å². The number of benzene rings is 2. The van der Waals surface area contributed by atoms with E-state index in [1.54, 1.807) is 0 Å². The molecule has 3 rings (SSSR count). The summed E-state index contributed by atoms with van der Waals surface area (Å²) in [5.74, 6) is 0.597. The van der Waals surface area contributed by atoms with Gasteiger partial charge < -0.3 is 14.8 Å². The molecule has 138 valence electrons. The third-order valence-corrected chi connectivity index (χ3v) is 4.72. The van der Waals surface area contributed by atoms with Crippen molar-refractivity contribution in [3.63, 3.8) is 0 Å². The molecule has 0 saturated heterocycles. The van der Waals surface area contributed by atoms with Crippen molar-refractivity contribution in [2.24, 2.45) is 0 Å². The Morgan fingerprint density at radius 2 is 1.85 bits per heavy atom. The molecule has 1 amide bonds. The van der Waals surface area contributed by atoms with E-state index in [4.69, 9.17) is 9.47 Å². The Hall–Kier alpha value is -2.33. The highest BCUT2D eigenvalue weighted by atomic mass is 16.5. The standard InChI is InChI=1S/C22H27NO3/c1-17(18-9-3-2-4-10-18)25-16-8-15-23-22(24)20-13-5-6-14-21(20)26-19-11-7-12-19/h2-6,9-10,13-14,17,19H,7-8,11-12,15-16H2,1H3,(H,23,24). The third-order valence-electron chi connectivity index (χ3n) is 4.72. The average molecular weight is 353 g/mol. The number of carbonyl (C=O) groups is 1. The summed E-state index contributed by atoms with van der Waals surface area (Å²) in [6.07, 6.45) is 4.45. The first-order chi connectivity index (χ1) is 12.7. The summed E-state index contributed by atoms with van der Waals surface area (Å²) < 4.78 is 11.8. The Morgan fingerprint density at radius 3 is 2.58 bits per heavy atom. The van der Waals surface area contributed by atoms with Gasteiger partial charge >= 0.3 is 0 Å². The Kier molecular flexibility index (Phi) is 6.67. The fourth-order valence-electron chi connectivity index (χ4n) is 2.87. The van der Waals surface area contributed by atoms with Gasteiger partial charge in [-0.25, -0.2) is 0 Å². The predicted molar refractivity (Wildman–Crippen MR) is 102 cm³/mol. The average Bonchev–Trinajstić information content (AvgIpc) is 2.65. The molecule has 1 N–H and O–H groups in total. The van der Waals surface area contributed by atoms with Crippen LogP contribution in [0.2, 0.25) is 0 Å². The van der Waals surface area contributed by atoms with Crippen LogP contribution in [-0.4, -0.2) is 25.2 Å². The van der Waals surface area contributed by atoms with Crippen LogP contribution in [-0.2, 0) is 4.74 Å². The lowest BCUT2D eigenvalue weighted by Gasteiger charge is -2.27. The van der Waals surface area contributed by atoms with Crippen LogP contribution >= 0.6 is 0 Å². The number of rotatable bonds is 9. The van der Waals surface area contributed by atoms with Gasteiger partial charge in [0.25, 0.3) is 5.91 Å². The molecule has 1 saturated carbocycles. The van der Waals surface area contributed by atoms with Crippen LogP contribution in [0, 0.1) is 0 Å². The molecule has 4 heteroatoms. The minimum Gasteiger partial charge on any atom is -0.490 e. The fourth-order valence-corrected chi connectivity index (χ4v) is 2.87. The lowest BCUT2D eigenvalue weighted by atomic mass is 9.96. The van der Waals surface area contributed by atoms with Gasteiger partial charge in [-0.1, -0.05) is 42.5 Å².